The molecule has 2 rings (SSSR count). The van der Waals surface area contributed by atoms with E-state index >= 15 is 0 Å². The van der Waals surface area contributed by atoms with Crippen LogP contribution in [0.3, 0.4) is 0 Å². The number of ether oxygens (including phenoxy) is 3. The first-order valence-electron chi connectivity index (χ1n) is 7.23. The summed E-state index contributed by atoms with van der Waals surface area (Å²) >= 11 is 0. The Hall–Kier alpha value is -1.79. The maximum atomic E-state index is 11.5. The predicted molar refractivity (Wildman–Crippen MR) is 78.9 cm³/mol. The first-order chi connectivity index (χ1) is 10.2. The molecule has 3 N–H and O–H groups in total. The van der Waals surface area contributed by atoms with E-state index in [1.165, 1.54) is 0 Å². The fourth-order valence-electron chi connectivity index (χ4n) is 1.98. The van der Waals surface area contributed by atoms with Gasteiger partial charge in [-0.05, 0) is 25.0 Å². The third-order valence-electron chi connectivity index (χ3n) is 3.06. The highest BCUT2D eigenvalue weighted by Gasteiger charge is 2.17. The lowest BCUT2D eigenvalue weighted by molar-refractivity contribution is -0.183. The minimum absolute atomic E-state index is 0.0417. The van der Waals surface area contributed by atoms with Crippen LogP contribution in [0.4, 0.5) is 5.69 Å². The van der Waals surface area contributed by atoms with Crippen LogP contribution in [0.25, 0.3) is 0 Å². The molecule has 0 aliphatic carbocycles. The van der Waals surface area contributed by atoms with Crippen molar-refractivity contribution in [2.75, 3.05) is 32.1 Å². The minimum atomic E-state index is -0.372. The third kappa shape index (κ3) is 4.61. The van der Waals surface area contributed by atoms with Crippen molar-refractivity contribution in [2.24, 2.45) is 0 Å². The molecule has 0 spiro atoms. The van der Waals surface area contributed by atoms with Crippen molar-refractivity contribution < 1.29 is 19.0 Å². The molecular formula is C15H22N2O4. The number of carbonyl (C=O) groups is 1. The van der Waals surface area contributed by atoms with Crippen LogP contribution >= 0.6 is 0 Å². The van der Waals surface area contributed by atoms with Crippen LogP contribution in [0.5, 0.6) is 5.75 Å². The number of benzene rings is 1. The highest BCUT2D eigenvalue weighted by Crippen LogP contribution is 2.29. The average molecular weight is 294 g/mol. The zero-order valence-corrected chi connectivity index (χ0v) is 12.3. The summed E-state index contributed by atoms with van der Waals surface area (Å²) in [5, 5.41) is 2.74. The summed E-state index contributed by atoms with van der Waals surface area (Å²) in [6.07, 6.45) is 1.42. The molecule has 0 bridgehead atoms. The summed E-state index contributed by atoms with van der Waals surface area (Å²) in [7, 11) is 0. The lowest BCUT2D eigenvalue weighted by Gasteiger charge is -2.24. The maximum absolute atomic E-state index is 11.5. The topological polar surface area (TPSA) is 82.8 Å². The Bertz CT molecular complexity index is 473. The van der Waals surface area contributed by atoms with Crippen LogP contribution in [0.1, 0.15) is 31.6 Å². The van der Waals surface area contributed by atoms with Crippen molar-refractivity contribution in [1.29, 1.82) is 0 Å². The largest absolute Gasteiger partial charge is 0.482 e. The molecule has 6 nitrogen and oxygen atoms in total. The molecule has 1 aromatic carbocycles. The molecule has 0 aromatic heterocycles. The summed E-state index contributed by atoms with van der Waals surface area (Å²) in [5.74, 6) is 0.334. The van der Waals surface area contributed by atoms with E-state index < -0.39 is 0 Å². The normalized spacial score (nSPS) is 15.7. The number of hydrogen-bond acceptors (Lipinski definition) is 5. The first kappa shape index (κ1) is 15.6. The maximum Gasteiger partial charge on any atom is 0.257 e. The van der Waals surface area contributed by atoms with Crippen LogP contribution < -0.4 is 15.8 Å². The van der Waals surface area contributed by atoms with Gasteiger partial charge in [-0.15, -0.1) is 0 Å². The van der Waals surface area contributed by atoms with E-state index in [-0.39, 0.29) is 18.8 Å². The minimum Gasteiger partial charge on any atom is -0.482 e. The van der Waals surface area contributed by atoms with E-state index in [1.54, 1.807) is 12.1 Å². The second-order valence-electron chi connectivity index (χ2n) is 4.86. The van der Waals surface area contributed by atoms with Gasteiger partial charge in [-0.1, -0.05) is 13.0 Å². The van der Waals surface area contributed by atoms with Crippen LogP contribution in [-0.4, -0.2) is 32.3 Å². The standard InChI is InChI=1S/C15H22N2O4/c1-2-6-17-14(18)10-21-13-5-4-11(9-12(13)16)15-19-7-3-8-20-15/h4-5,9,15H,2-3,6-8,10,16H2,1H3,(H,17,18). The van der Waals surface area contributed by atoms with Gasteiger partial charge < -0.3 is 25.3 Å². The molecule has 1 fully saturated rings. The average Bonchev–Trinajstić information content (AvgIpc) is 2.52. The van der Waals surface area contributed by atoms with Crippen molar-refractivity contribution in [3.8, 4) is 5.75 Å². The predicted octanol–water partition coefficient (Wildman–Crippen LogP) is 1.61. The van der Waals surface area contributed by atoms with Gasteiger partial charge >= 0.3 is 0 Å². The van der Waals surface area contributed by atoms with E-state index in [2.05, 4.69) is 5.32 Å². The summed E-state index contributed by atoms with van der Waals surface area (Å²) in [4.78, 5) is 11.5. The lowest BCUT2D eigenvalue weighted by atomic mass is 10.1. The SMILES string of the molecule is CCCNC(=O)COc1ccc(C2OCCCO2)cc1N. The molecule has 0 saturated carbocycles. The van der Waals surface area contributed by atoms with Crippen LogP contribution in [0.15, 0.2) is 18.2 Å². The molecule has 0 atom stereocenters. The summed E-state index contributed by atoms with van der Waals surface area (Å²) in [6, 6.07) is 5.33. The van der Waals surface area contributed by atoms with Gasteiger partial charge in [0.15, 0.2) is 12.9 Å². The van der Waals surface area contributed by atoms with Crippen molar-refractivity contribution in [1.82, 2.24) is 5.32 Å². The van der Waals surface area contributed by atoms with E-state index in [4.69, 9.17) is 19.9 Å². The highest BCUT2D eigenvalue weighted by atomic mass is 16.7. The monoisotopic (exact) mass is 294 g/mol. The molecule has 1 aliphatic heterocycles. The molecule has 0 unspecified atom stereocenters. The molecule has 21 heavy (non-hydrogen) atoms. The summed E-state index contributed by atoms with van der Waals surface area (Å²) < 4.78 is 16.5. The number of nitrogen functional groups attached to an aromatic ring is 1. The number of rotatable bonds is 6. The molecule has 1 heterocycles. The Morgan fingerprint density at radius 1 is 1.43 bits per heavy atom. The van der Waals surface area contributed by atoms with E-state index in [9.17, 15) is 4.79 Å². The Kier molecular flexibility index (Phi) is 5.83. The van der Waals surface area contributed by atoms with Crippen LogP contribution in [-0.2, 0) is 14.3 Å². The Morgan fingerprint density at radius 3 is 2.86 bits per heavy atom. The third-order valence-corrected chi connectivity index (χ3v) is 3.06. The van der Waals surface area contributed by atoms with Crippen LogP contribution in [0, 0.1) is 0 Å². The van der Waals surface area contributed by atoms with Gasteiger partial charge in [0.1, 0.15) is 5.75 Å². The Morgan fingerprint density at radius 2 is 2.19 bits per heavy atom. The number of carbonyl (C=O) groups excluding carboxylic acids is 1. The zero-order valence-electron chi connectivity index (χ0n) is 12.3. The lowest BCUT2D eigenvalue weighted by Crippen LogP contribution is -2.29. The van der Waals surface area contributed by atoms with Gasteiger partial charge in [0, 0.05) is 12.1 Å². The molecule has 6 heteroatoms. The Balaban J connectivity index is 1.91. The van der Waals surface area contributed by atoms with Gasteiger partial charge in [0.05, 0.1) is 18.9 Å². The highest BCUT2D eigenvalue weighted by molar-refractivity contribution is 5.77. The summed E-state index contributed by atoms with van der Waals surface area (Å²) in [5.41, 5.74) is 7.27. The Labute approximate surface area is 124 Å². The van der Waals surface area contributed by atoms with E-state index in [0.717, 1.165) is 18.4 Å². The van der Waals surface area contributed by atoms with Crippen LogP contribution in [0.2, 0.25) is 0 Å². The van der Waals surface area contributed by atoms with Crippen molar-refractivity contribution in [3.05, 3.63) is 23.8 Å². The van der Waals surface area contributed by atoms with Gasteiger partial charge in [-0.3, -0.25) is 4.79 Å². The van der Waals surface area contributed by atoms with Crippen molar-refractivity contribution in [3.63, 3.8) is 0 Å². The molecule has 116 valence electrons. The molecule has 1 saturated heterocycles. The molecular weight excluding hydrogens is 272 g/mol. The quantitative estimate of drug-likeness (QED) is 0.779. The van der Waals surface area contributed by atoms with Gasteiger partial charge in [0.2, 0.25) is 0 Å². The second-order valence-corrected chi connectivity index (χ2v) is 4.86. The molecule has 1 amide bonds. The fourth-order valence-corrected chi connectivity index (χ4v) is 1.98. The number of hydrogen-bond donors (Lipinski definition) is 2. The number of anilines is 1. The van der Waals surface area contributed by atoms with Gasteiger partial charge in [-0.2, -0.15) is 0 Å². The van der Waals surface area contributed by atoms with E-state index in [1.807, 2.05) is 13.0 Å². The van der Waals surface area contributed by atoms with Crippen molar-refractivity contribution in [2.45, 2.75) is 26.1 Å². The van der Waals surface area contributed by atoms with E-state index in [0.29, 0.717) is 31.2 Å². The second kappa shape index (κ2) is 7.85. The van der Waals surface area contributed by atoms with Gasteiger partial charge in [-0.25, -0.2) is 0 Å². The molecule has 1 aliphatic rings. The molecule has 1 aromatic rings. The fraction of sp³-hybridized carbons (Fsp3) is 0.533. The number of amides is 1. The number of nitrogens with two attached hydrogens (primary N) is 1. The first-order valence-corrected chi connectivity index (χ1v) is 7.23. The zero-order chi connectivity index (χ0) is 15.1. The number of nitrogens with one attached hydrogen (secondary N) is 1. The summed E-state index contributed by atoms with van der Waals surface area (Å²) in [6.45, 7) is 3.96. The molecule has 0 radical (unpaired) electrons. The van der Waals surface area contributed by atoms with Gasteiger partial charge in [0.25, 0.3) is 5.91 Å². The smallest absolute Gasteiger partial charge is 0.257 e. The van der Waals surface area contributed by atoms with Crippen molar-refractivity contribution >= 4 is 11.6 Å².